The van der Waals surface area contributed by atoms with Crippen LogP contribution in [0.4, 0.5) is 11.4 Å². The largest absolute Gasteiger partial charge is 0.346 e. The fourth-order valence-electron chi connectivity index (χ4n) is 5.95. The third-order valence-electron chi connectivity index (χ3n) is 8.15. The van der Waals surface area contributed by atoms with Gasteiger partial charge in [-0.2, -0.15) is 5.26 Å². The highest BCUT2D eigenvalue weighted by Gasteiger charge is 2.22. The van der Waals surface area contributed by atoms with Gasteiger partial charge in [-0.05, 0) is 53.1 Å². The predicted molar refractivity (Wildman–Crippen MR) is 184 cm³/mol. The van der Waals surface area contributed by atoms with Gasteiger partial charge >= 0.3 is 0 Å². The van der Waals surface area contributed by atoms with Gasteiger partial charge in [0, 0.05) is 48.2 Å². The molecule has 0 aliphatic carbocycles. The van der Waals surface area contributed by atoms with E-state index in [9.17, 15) is 0 Å². The second-order valence-corrected chi connectivity index (χ2v) is 11.9. The van der Waals surface area contributed by atoms with E-state index in [0.29, 0.717) is 5.56 Å². The summed E-state index contributed by atoms with van der Waals surface area (Å²) in [5, 5.41) is 19.0. The zero-order valence-corrected chi connectivity index (χ0v) is 24.5. The van der Waals surface area contributed by atoms with Crippen molar-refractivity contribution in [3.63, 3.8) is 0 Å². The van der Waals surface area contributed by atoms with E-state index in [1.165, 1.54) is 25.7 Å². The summed E-state index contributed by atoms with van der Waals surface area (Å²) >= 11 is 1.84. The second-order valence-electron chi connectivity index (χ2n) is 10.8. The maximum Gasteiger partial charge on any atom is 0.194 e. The van der Waals surface area contributed by atoms with E-state index < -0.39 is 0 Å². The van der Waals surface area contributed by atoms with Gasteiger partial charge in [0.25, 0.3) is 0 Å². The van der Waals surface area contributed by atoms with Gasteiger partial charge in [0.05, 0.1) is 17.3 Å². The third-order valence-corrected chi connectivity index (χ3v) is 9.28. The number of nitrogens with one attached hydrogen (secondary N) is 2. The van der Waals surface area contributed by atoms with Crippen molar-refractivity contribution in [2.75, 3.05) is 10.6 Å². The lowest BCUT2D eigenvalue weighted by Gasteiger charge is -2.28. The molecule has 1 atom stereocenters. The van der Waals surface area contributed by atoms with Gasteiger partial charge in [0.2, 0.25) is 0 Å². The van der Waals surface area contributed by atoms with Gasteiger partial charge in [0.1, 0.15) is 0 Å². The van der Waals surface area contributed by atoms with Gasteiger partial charge in [-0.3, -0.25) is 0 Å². The van der Waals surface area contributed by atoms with Crippen molar-refractivity contribution in [3.8, 4) is 28.3 Å². The zero-order chi connectivity index (χ0) is 29.5. The van der Waals surface area contributed by atoms with Gasteiger partial charge in [0.15, 0.2) is 6.29 Å². The second kappa shape index (κ2) is 10.9. The SMILES string of the molecule is N#Cc1ccc(-c2ccc(C3=NC(Nc4ccccc4-c4ccc5c(c4)sc4ccccc45)Nc4ccccc43)cc2)cc1. The van der Waals surface area contributed by atoms with Crippen molar-refractivity contribution < 1.29 is 0 Å². The fraction of sp³-hybridized carbons (Fsp3) is 0.0256. The Morgan fingerprint density at radius 3 is 2.07 bits per heavy atom. The fourth-order valence-corrected chi connectivity index (χ4v) is 7.10. The molecule has 0 saturated heterocycles. The number of rotatable bonds is 5. The van der Waals surface area contributed by atoms with Gasteiger partial charge in [-0.15, -0.1) is 11.3 Å². The average molecular weight is 583 g/mol. The van der Waals surface area contributed by atoms with Crippen molar-refractivity contribution in [2.24, 2.45) is 4.99 Å². The van der Waals surface area contributed by atoms with E-state index in [1.54, 1.807) is 0 Å². The Hall–Kier alpha value is -5.70. The lowest BCUT2D eigenvalue weighted by Crippen LogP contribution is -2.33. The smallest absolute Gasteiger partial charge is 0.194 e. The molecule has 2 heterocycles. The summed E-state index contributed by atoms with van der Waals surface area (Å²) in [7, 11) is 0. The molecule has 6 aromatic carbocycles. The van der Waals surface area contributed by atoms with Gasteiger partial charge in [-0.1, -0.05) is 103 Å². The van der Waals surface area contributed by atoms with Crippen LogP contribution in [0.3, 0.4) is 0 Å². The van der Waals surface area contributed by atoms with E-state index in [-0.39, 0.29) is 6.29 Å². The van der Waals surface area contributed by atoms with Crippen LogP contribution in [0.1, 0.15) is 16.7 Å². The number of anilines is 2. The molecule has 1 unspecified atom stereocenters. The van der Waals surface area contributed by atoms with E-state index >= 15 is 0 Å². The molecule has 0 spiro atoms. The summed E-state index contributed by atoms with van der Waals surface area (Å²) < 4.78 is 2.59. The van der Waals surface area contributed by atoms with Crippen LogP contribution in [-0.4, -0.2) is 12.0 Å². The molecule has 0 fully saturated rings. The van der Waals surface area contributed by atoms with Crippen molar-refractivity contribution in [1.29, 1.82) is 5.26 Å². The van der Waals surface area contributed by atoms with Crippen molar-refractivity contribution >= 4 is 48.6 Å². The molecular formula is C39H26N4S. The van der Waals surface area contributed by atoms with Crippen LogP contribution in [0.25, 0.3) is 42.4 Å². The first-order valence-electron chi connectivity index (χ1n) is 14.6. The Labute approximate surface area is 259 Å². The number of nitrogens with zero attached hydrogens (tertiary/aromatic N) is 2. The molecule has 2 N–H and O–H groups in total. The zero-order valence-electron chi connectivity index (χ0n) is 23.7. The molecule has 8 rings (SSSR count). The highest BCUT2D eigenvalue weighted by atomic mass is 32.1. The predicted octanol–water partition coefficient (Wildman–Crippen LogP) is 9.92. The minimum atomic E-state index is -0.354. The standard InChI is InChI=1S/C39H26N4S/c40-24-25-13-15-26(16-14-25)27-17-19-28(20-18-27)38-33-9-2-5-11-35(33)42-39(43-38)41-34-10-4-1-7-30(34)29-21-22-32-31-8-3-6-12-36(31)44-37(32)23-29/h1-23,39,41-42H. The summed E-state index contributed by atoms with van der Waals surface area (Å²) in [5.41, 5.74) is 10.3. The highest BCUT2D eigenvalue weighted by molar-refractivity contribution is 7.25. The summed E-state index contributed by atoms with van der Waals surface area (Å²) in [6, 6.07) is 50.5. The van der Waals surface area contributed by atoms with E-state index in [1.807, 2.05) is 47.7 Å². The van der Waals surface area contributed by atoms with Gasteiger partial charge < -0.3 is 10.6 Å². The van der Waals surface area contributed by atoms with Gasteiger partial charge in [-0.25, -0.2) is 4.99 Å². The highest BCUT2D eigenvalue weighted by Crippen LogP contribution is 2.38. The molecule has 208 valence electrons. The topological polar surface area (TPSA) is 60.2 Å². The van der Waals surface area contributed by atoms with E-state index in [2.05, 4.69) is 120 Å². The monoisotopic (exact) mass is 582 g/mol. The van der Waals surface area contributed by atoms with Crippen LogP contribution in [0.15, 0.2) is 145 Å². The number of benzene rings is 6. The Balaban J connectivity index is 1.13. The quantitative estimate of drug-likeness (QED) is 0.212. The first-order valence-corrected chi connectivity index (χ1v) is 15.4. The normalized spacial score (nSPS) is 14.0. The Morgan fingerprint density at radius 2 is 1.25 bits per heavy atom. The summed E-state index contributed by atoms with van der Waals surface area (Å²) in [6.45, 7) is 0. The summed E-state index contributed by atoms with van der Waals surface area (Å²) in [6.07, 6.45) is -0.354. The molecule has 0 saturated carbocycles. The summed E-state index contributed by atoms with van der Waals surface area (Å²) in [4.78, 5) is 5.19. The van der Waals surface area contributed by atoms with Crippen molar-refractivity contribution in [3.05, 3.63) is 156 Å². The maximum atomic E-state index is 9.14. The Kier molecular flexibility index (Phi) is 6.40. The molecule has 1 aliphatic heterocycles. The minimum absolute atomic E-state index is 0.354. The molecule has 5 heteroatoms. The number of aliphatic imine (C=N–C) groups is 1. The molecular weight excluding hydrogens is 557 g/mol. The lowest BCUT2D eigenvalue weighted by atomic mass is 9.96. The molecule has 0 bridgehead atoms. The van der Waals surface area contributed by atoms with Crippen LogP contribution >= 0.6 is 11.3 Å². The number of hydrogen-bond acceptors (Lipinski definition) is 5. The number of fused-ring (bicyclic) bond motifs is 4. The van der Waals surface area contributed by atoms with Crippen molar-refractivity contribution in [1.82, 2.24) is 0 Å². The molecule has 1 aromatic heterocycles. The van der Waals surface area contributed by atoms with Crippen molar-refractivity contribution in [2.45, 2.75) is 6.29 Å². The molecule has 4 nitrogen and oxygen atoms in total. The molecule has 0 radical (unpaired) electrons. The first kappa shape index (κ1) is 26.0. The third kappa shape index (κ3) is 4.68. The number of nitriles is 1. The van der Waals surface area contributed by atoms with Crippen LogP contribution in [0, 0.1) is 11.3 Å². The van der Waals surface area contributed by atoms with Crippen LogP contribution < -0.4 is 10.6 Å². The van der Waals surface area contributed by atoms with Crippen LogP contribution in [0.5, 0.6) is 0 Å². The van der Waals surface area contributed by atoms with Crippen LogP contribution in [0.2, 0.25) is 0 Å². The molecule has 44 heavy (non-hydrogen) atoms. The number of hydrogen-bond donors (Lipinski definition) is 2. The molecule has 0 amide bonds. The minimum Gasteiger partial charge on any atom is -0.346 e. The molecule has 7 aromatic rings. The molecule has 1 aliphatic rings. The van der Waals surface area contributed by atoms with Crippen LogP contribution in [-0.2, 0) is 0 Å². The summed E-state index contributed by atoms with van der Waals surface area (Å²) in [5.74, 6) is 0. The average Bonchev–Trinajstić information content (AvgIpc) is 3.46. The number of thiophene rings is 1. The maximum absolute atomic E-state index is 9.14. The van der Waals surface area contributed by atoms with E-state index in [0.717, 1.165) is 44.9 Å². The number of para-hydroxylation sites is 2. The van der Waals surface area contributed by atoms with E-state index in [4.69, 9.17) is 10.3 Å². The Bertz CT molecular complexity index is 2240. The lowest BCUT2D eigenvalue weighted by molar-refractivity contribution is 0.860. The first-order chi connectivity index (χ1) is 21.7. The Morgan fingerprint density at radius 1 is 0.614 bits per heavy atom.